The van der Waals surface area contributed by atoms with E-state index in [1.807, 2.05) is 32.9 Å². The molecule has 90 valence electrons. The zero-order valence-corrected chi connectivity index (χ0v) is 11.1. The van der Waals surface area contributed by atoms with Crippen molar-refractivity contribution in [3.8, 4) is 6.07 Å². The van der Waals surface area contributed by atoms with E-state index in [1.54, 1.807) is 6.07 Å². The van der Waals surface area contributed by atoms with Crippen LogP contribution in [0.2, 0.25) is 0 Å². The summed E-state index contributed by atoms with van der Waals surface area (Å²) in [6, 6.07) is 7.48. The minimum atomic E-state index is -0.373. The Morgan fingerprint density at radius 2 is 2.12 bits per heavy atom. The van der Waals surface area contributed by atoms with Gasteiger partial charge in [-0.05, 0) is 24.5 Å². The van der Waals surface area contributed by atoms with E-state index >= 15 is 0 Å². The van der Waals surface area contributed by atoms with Gasteiger partial charge in [0.1, 0.15) is 6.07 Å². The molecule has 1 rings (SSSR count). The quantitative estimate of drug-likeness (QED) is 0.808. The van der Waals surface area contributed by atoms with Gasteiger partial charge in [0, 0.05) is 0 Å². The number of amides is 1. The Labute approximate surface area is 107 Å². The van der Waals surface area contributed by atoms with Crippen molar-refractivity contribution in [2.45, 2.75) is 26.0 Å². The smallest absolute Gasteiger partial charge is 0.237 e. The molecule has 0 aliphatic heterocycles. The number of nitriles is 1. The van der Waals surface area contributed by atoms with E-state index in [0.717, 1.165) is 5.56 Å². The number of rotatable bonds is 3. The summed E-state index contributed by atoms with van der Waals surface area (Å²) in [6.07, 6.45) is 0. The van der Waals surface area contributed by atoms with Crippen LogP contribution in [0.25, 0.3) is 0 Å². The van der Waals surface area contributed by atoms with Gasteiger partial charge >= 0.3 is 0 Å². The van der Waals surface area contributed by atoms with Crippen molar-refractivity contribution in [3.63, 3.8) is 0 Å². The molecule has 4 heteroatoms. The number of thiol groups is 1. The molecule has 0 spiro atoms. The number of aryl methyl sites for hydroxylation is 1. The summed E-state index contributed by atoms with van der Waals surface area (Å²) in [5.41, 5.74) is 1.91. The molecule has 1 amide bonds. The lowest BCUT2D eigenvalue weighted by atomic mass is 10.1. The number of hydrogen-bond donors (Lipinski definition) is 2. The monoisotopic (exact) mass is 248 g/mol. The fourth-order valence-corrected chi connectivity index (χ4v) is 1.49. The van der Waals surface area contributed by atoms with Crippen LogP contribution in [0.15, 0.2) is 18.2 Å². The molecule has 1 aromatic carbocycles. The van der Waals surface area contributed by atoms with Crippen molar-refractivity contribution in [2.24, 2.45) is 5.92 Å². The highest BCUT2D eigenvalue weighted by Gasteiger charge is 2.18. The summed E-state index contributed by atoms with van der Waals surface area (Å²) in [4.78, 5) is 11.8. The first-order chi connectivity index (χ1) is 7.97. The molecule has 0 heterocycles. The van der Waals surface area contributed by atoms with E-state index in [0.29, 0.717) is 11.3 Å². The first-order valence-electron chi connectivity index (χ1n) is 5.46. The summed E-state index contributed by atoms with van der Waals surface area (Å²) in [5, 5.41) is 11.4. The zero-order valence-electron chi connectivity index (χ0n) is 10.2. The van der Waals surface area contributed by atoms with Crippen molar-refractivity contribution in [2.75, 3.05) is 5.32 Å². The molecule has 0 fully saturated rings. The average Bonchev–Trinajstić information content (AvgIpc) is 2.28. The van der Waals surface area contributed by atoms with Crippen LogP contribution in [0.4, 0.5) is 5.69 Å². The third-order valence-electron chi connectivity index (χ3n) is 2.54. The Hall–Kier alpha value is -1.47. The summed E-state index contributed by atoms with van der Waals surface area (Å²) >= 11 is 4.24. The van der Waals surface area contributed by atoms with Crippen LogP contribution in [-0.4, -0.2) is 11.2 Å². The summed E-state index contributed by atoms with van der Waals surface area (Å²) in [7, 11) is 0. The lowest BCUT2D eigenvalue weighted by molar-refractivity contribution is -0.116. The largest absolute Gasteiger partial charge is 0.324 e. The van der Waals surface area contributed by atoms with Crippen molar-refractivity contribution < 1.29 is 4.79 Å². The van der Waals surface area contributed by atoms with E-state index in [1.165, 1.54) is 0 Å². The Balaban J connectivity index is 2.94. The molecule has 0 saturated carbocycles. The zero-order chi connectivity index (χ0) is 13.0. The number of nitrogens with zero attached hydrogens (tertiary/aromatic N) is 1. The van der Waals surface area contributed by atoms with Gasteiger partial charge in [0.05, 0.1) is 16.5 Å². The Morgan fingerprint density at radius 1 is 1.47 bits per heavy atom. The standard InChI is InChI=1S/C13H16N2OS/c1-8(2)12(17)13(16)15-11-6-4-5-9(3)10(11)7-14/h4-6,8,12,17H,1-3H3,(H,15,16). The number of nitrogens with one attached hydrogen (secondary N) is 1. The minimum absolute atomic E-state index is 0.147. The molecule has 1 N–H and O–H groups in total. The lowest BCUT2D eigenvalue weighted by Gasteiger charge is -2.15. The van der Waals surface area contributed by atoms with Crippen LogP contribution in [0, 0.1) is 24.2 Å². The van der Waals surface area contributed by atoms with Gasteiger partial charge in [-0.2, -0.15) is 17.9 Å². The fraction of sp³-hybridized carbons (Fsp3) is 0.385. The van der Waals surface area contributed by atoms with E-state index in [2.05, 4.69) is 24.0 Å². The van der Waals surface area contributed by atoms with Crippen molar-refractivity contribution in [1.29, 1.82) is 5.26 Å². The van der Waals surface area contributed by atoms with Gasteiger partial charge in [0.25, 0.3) is 0 Å². The van der Waals surface area contributed by atoms with Crippen molar-refractivity contribution >= 4 is 24.2 Å². The predicted octanol–water partition coefficient (Wildman–Crippen LogP) is 2.76. The molecular formula is C13H16N2OS. The number of benzene rings is 1. The maximum atomic E-state index is 11.8. The molecule has 0 aliphatic carbocycles. The first kappa shape index (κ1) is 13.6. The normalized spacial score (nSPS) is 12.0. The third-order valence-corrected chi connectivity index (χ3v) is 3.37. The van der Waals surface area contributed by atoms with Crippen LogP contribution < -0.4 is 5.32 Å². The highest BCUT2D eigenvalue weighted by atomic mass is 32.1. The molecule has 0 bridgehead atoms. The second-order valence-corrected chi connectivity index (χ2v) is 4.84. The highest BCUT2D eigenvalue weighted by Crippen LogP contribution is 2.20. The molecule has 1 atom stereocenters. The summed E-state index contributed by atoms with van der Waals surface area (Å²) in [5.74, 6) is -0.0286. The number of carbonyl (C=O) groups is 1. The molecular weight excluding hydrogens is 232 g/mol. The first-order valence-corrected chi connectivity index (χ1v) is 5.97. The van der Waals surface area contributed by atoms with Crippen LogP contribution >= 0.6 is 12.6 Å². The number of hydrogen-bond acceptors (Lipinski definition) is 3. The van der Waals surface area contributed by atoms with Gasteiger partial charge in [-0.1, -0.05) is 26.0 Å². The van der Waals surface area contributed by atoms with Gasteiger partial charge < -0.3 is 5.32 Å². The third kappa shape index (κ3) is 3.24. The molecule has 0 radical (unpaired) electrons. The second-order valence-electron chi connectivity index (χ2n) is 4.29. The maximum Gasteiger partial charge on any atom is 0.237 e. The van der Waals surface area contributed by atoms with Crippen LogP contribution in [0.3, 0.4) is 0 Å². The summed E-state index contributed by atoms with van der Waals surface area (Å²) in [6.45, 7) is 5.70. The summed E-state index contributed by atoms with van der Waals surface area (Å²) < 4.78 is 0. The van der Waals surface area contributed by atoms with E-state index < -0.39 is 0 Å². The fourth-order valence-electron chi connectivity index (χ4n) is 1.43. The van der Waals surface area contributed by atoms with Crippen molar-refractivity contribution in [1.82, 2.24) is 0 Å². The number of anilines is 1. The highest BCUT2D eigenvalue weighted by molar-refractivity contribution is 7.81. The Morgan fingerprint density at radius 3 is 2.65 bits per heavy atom. The SMILES string of the molecule is Cc1cccc(NC(=O)C(S)C(C)C)c1C#N. The molecule has 1 unspecified atom stereocenters. The van der Waals surface area contributed by atoms with Gasteiger partial charge in [-0.25, -0.2) is 0 Å². The topological polar surface area (TPSA) is 52.9 Å². The van der Waals surface area contributed by atoms with E-state index in [9.17, 15) is 4.79 Å². The predicted molar refractivity (Wildman–Crippen MR) is 72.1 cm³/mol. The number of carbonyl (C=O) groups excluding carboxylic acids is 1. The second kappa shape index (κ2) is 5.74. The Kier molecular flexibility index (Phi) is 4.59. The van der Waals surface area contributed by atoms with E-state index in [-0.39, 0.29) is 17.1 Å². The van der Waals surface area contributed by atoms with E-state index in [4.69, 9.17) is 5.26 Å². The molecule has 0 saturated heterocycles. The van der Waals surface area contributed by atoms with Crippen molar-refractivity contribution in [3.05, 3.63) is 29.3 Å². The van der Waals surface area contributed by atoms with Gasteiger partial charge in [0.15, 0.2) is 0 Å². The van der Waals surface area contributed by atoms with Gasteiger partial charge in [-0.3, -0.25) is 4.79 Å². The maximum absolute atomic E-state index is 11.8. The molecule has 1 aromatic rings. The van der Waals surface area contributed by atoms with Crippen LogP contribution in [-0.2, 0) is 4.79 Å². The molecule has 0 aromatic heterocycles. The molecule has 17 heavy (non-hydrogen) atoms. The van der Waals surface area contributed by atoms with Crippen LogP contribution in [0.1, 0.15) is 25.0 Å². The minimum Gasteiger partial charge on any atom is -0.324 e. The molecule has 0 aliphatic rings. The average molecular weight is 248 g/mol. The van der Waals surface area contributed by atoms with Gasteiger partial charge in [0.2, 0.25) is 5.91 Å². The lowest BCUT2D eigenvalue weighted by Crippen LogP contribution is -2.27. The Bertz CT molecular complexity index is 463. The molecule has 3 nitrogen and oxygen atoms in total. The van der Waals surface area contributed by atoms with Crippen LogP contribution in [0.5, 0.6) is 0 Å². The van der Waals surface area contributed by atoms with Gasteiger partial charge in [-0.15, -0.1) is 0 Å².